The topological polar surface area (TPSA) is 58.4 Å². The van der Waals surface area contributed by atoms with E-state index in [4.69, 9.17) is 25.8 Å². The second-order valence-electron chi connectivity index (χ2n) is 12.2. The Hall–Kier alpha value is -3.55. The number of halogens is 1. The molecule has 2 saturated carbocycles. The van der Waals surface area contributed by atoms with E-state index in [9.17, 15) is 0 Å². The van der Waals surface area contributed by atoms with Crippen molar-refractivity contribution in [2.45, 2.75) is 49.9 Å². The summed E-state index contributed by atoms with van der Waals surface area (Å²) in [4.78, 5) is 9.29. The average Bonchev–Trinajstić information content (AvgIpc) is 3.39. The number of aromatic nitrogens is 3. The molecule has 0 amide bonds. The third-order valence-electron chi connectivity index (χ3n) is 9.43. The minimum absolute atomic E-state index is 0.0626. The third kappa shape index (κ3) is 3.82. The van der Waals surface area contributed by atoms with Gasteiger partial charge in [0, 0.05) is 11.6 Å². The summed E-state index contributed by atoms with van der Waals surface area (Å²) < 4.78 is 22.7. The number of pyridine rings is 1. The fraction of sp³-hybridized carbons (Fsp3) is 0.314. The lowest BCUT2D eigenvalue weighted by Gasteiger charge is -2.38. The number of fused-ring (bicyclic) bond motifs is 4. The van der Waals surface area contributed by atoms with Gasteiger partial charge in [-0.3, -0.25) is 4.57 Å². The van der Waals surface area contributed by atoms with E-state index in [1.54, 1.807) is 6.20 Å². The lowest BCUT2D eigenvalue weighted by Crippen LogP contribution is -2.39. The molecule has 3 fully saturated rings. The fourth-order valence-corrected chi connectivity index (χ4v) is 7.89. The molecule has 8 rings (SSSR count). The monoisotopic (exact) mass is 577 g/mol. The molecule has 2 aliphatic carbocycles. The van der Waals surface area contributed by atoms with E-state index < -0.39 is 11.4 Å². The smallest absolute Gasteiger partial charge is 0.205 e. The van der Waals surface area contributed by atoms with Crippen LogP contribution in [-0.4, -0.2) is 39.1 Å². The molecular formula is C35H32ClN3O3. The Bertz CT molecular complexity index is 1650. The van der Waals surface area contributed by atoms with Gasteiger partial charge in [-0.15, -0.1) is 0 Å². The van der Waals surface area contributed by atoms with Gasteiger partial charge in [0.2, 0.25) is 5.28 Å². The maximum Gasteiger partial charge on any atom is 0.205 e. The number of hydrogen-bond acceptors (Lipinski definition) is 5. The van der Waals surface area contributed by atoms with E-state index in [-0.39, 0.29) is 29.6 Å². The molecule has 0 N–H and O–H groups in total. The number of ether oxygens (including phenoxy) is 3. The van der Waals surface area contributed by atoms with Gasteiger partial charge in [-0.05, 0) is 66.6 Å². The molecule has 5 atom stereocenters. The van der Waals surface area contributed by atoms with Gasteiger partial charge in [0.25, 0.3) is 0 Å². The molecule has 1 saturated heterocycles. The Labute approximate surface area is 250 Å². The predicted octanol–water partition coefficient (Wildman–Crippen LogP) is 7.17. The Balaban J connectivity index is 1.24. The van der Waals surface area contributed by atoms with Crippen molar-refractivity contribution in [3.8, 4) is 0 Å². The lowest BCUT2D eigenvalue weighted by atomic mass is 9.80. The highest BCUT2D eigenvalue weighted by atomic mass is 35.5. The summed E-state index contributed by atoms with van der Waals surface area (Å²) in [6, 6.07) is 35.3. The van der Waals surface area contributed by atoms with Crippen LogP contribution in [0.1, 0.15) is 43.0 Å². The van der Waals surface area contributed by atoms with Gasteiger partial charge in [-0.25, -0.2) is 9.97 Å². The molecule has 5 aromatic rings. The first-order chi connectivity index (χ1) is 20.4. The number of imidazole rings is 1. The zero-order valence-corrected chi connectivity index (χ0v) is 24.3. The molecule has 3 aliphatic rings. The summed E-state index contributed by atoms with van der Waals surface area (Å²) in [6.07, 6.45) is 2.38. The largest absolute Gasteiger partial charge is 0.360 e. The lowest BCUT2D eigenvalue weighted by molar-refractivity contribution is -0.166. The van der Waals surface area contributed by atoms with Gasteiger partial charge < -0.3 is 14.2 Å². The highest BCUT2D eigenvalue weighted by molar-refractivity contribution is 6.29. The van der Waals surface area contributed by atoms with Crippen LogP contribution in [-0.2, 0) is 19.8 Å². The zero-order valence-electron chi connectivity index (χ0n) is 23.6. The van der Waals surface area contributed by atoms with E-state index in [2.05, 4.69) is 87.3 Å². The first-order valence-electron chi connectivity index (χ1n) is 14.6. The van der Waals surface area contributed by atoms with Crippen LogP contribution in [0.4, 0.5) is 0 Å². The van der Waals surface area contributed by atoms with Gasteiger partial charge in [-0.1, -0.05) is 91.0 Å². The van der Waals surface area contributed by atoms with Crippen molar-refractivity contribution in [2.24, 2.45) is 11.3 Å². The molecule has 0 radical (unpaired) electrons. The van der Waals surface area contributed by atoms with Crippen LogP contribution < -0.4 is 0 Å². The van der Waals surface area contributed by atoms with Gasteiger partial charge in [0.1, 0.15) is 17.2 Å². The van der Waals surface area contributed by atoms with Crippen molar-refractivity contribution in [3.63, 3.8) is 0 Å². The highest BCUT2D eigenvalue weighted by Crippen LogP contribution is 2.72. The summed E-state index contributed by atoms with van der Waals surface area (Å²) >= 11 is 6.81. The molecule has 7 heteroatoms. The predicted molar refractivity (Wildman–Crippen MR) is 161 cm³/mol. The normalized spacial score (nSPS) is 27.6. The van der Waals surface area contributed by atoms with Crippen LogP contribution in [0, 0.1) is 11.3 Å². The quantitative estimate of drug-likeness (QED) is 0.192. The van der Waals surface area contributed by atoms with Crippen LogP contribution in [0.15, 0.2) is 109 Å². The average molecular weight is 578 g/mol. The minimum atomic E-state index is -0.810. The van der Waals surface area contributed by atoms with Crippen LogP contribution in [0.25, 0.3) is 11.2 Å². The summed E-state index contributed by atoms with van der Waals surface area (Å²) in [5.74, 6) is -0.486. The third-order valence-corrected chi connectivity index (χ3v) is 9.69. The molecule has 6 nitrogen and oxygen atoms in total. The van der Waals surface area contributed by atoms with E-state index in [0.717, 1.165) is 34.3 Å². The Morgan fingerprint density at radius 1 is 0.857 bits per heavy atom. The van der Waals surface area contributed by atoms with Crippen molar-refractivity contribution in [2.75, 3.05) is 6.61 Å². The molecular weight excluding hydrogens is 546 g/mol. The summed E-state index contributed by atoms with van der Waals surface area (Å²) in [5, 5.41) is 0.427. The Kier molecular flexibility index (Phi) is 5.89. The standard InChI is InChI=1S/C35H32ClN3O3/c1-33(2)41-29-28(39-31-27(38-32(39)36)19-12-20-37-31)26-21-34(26,30(29)42-33)22-40-35(23-13-6-3-7-14-23,24-15-8-4-9-16-24)25-17-10-5-11-18-25/h3-20,26,28-30H,21-22H2,1-2H3/t26-,28-,29+,30+,34+/m1/s1. The Morgan fingerprint density at radius 2 is 1.45 bits per heavy atom. The molecule has 2 aromatic heterocycles. The fourth-order valence-electron chi connectivity index (χ4n) is 7.60. The van der Waals surface area contributed by atoms with Crippen LogP contribution >= 0.6 is 11.6 Å². The minimum Gasteiger partial charge on any atom is -0.360 e. The van der Waals surface area contributed by atoms with Crippen molar-refractivity contribution in [1.82, 2.24) is 14.5 Å². The van der Waals surface area contributed by atoms with Gasteiger partial charge in [0.05, 0.1) is 18.8 Å². The second-order valence-corrected chi connectivity index (χ2v) is 12.6. The summed E-state index contributed by atoms with van der Waals surface area (Å²) in [5.41, 5.74) is 3.74. The first-order valence-corrected chi connectivity index (χ1v) is 15.0. The second kappa shape index (κ2) is 9.48. The maximum absolute atomic E-state index is 7.37. The van der Waals surface area contributed by atoms with Gasteiger partial charge in [-0.2, -0.15) is 0 Å². The molecule has 0 unspecified atom stereocenters. The zero-order chi connectivity index (χ0) is 28.5. The first kappa shape index (κ1) is 26.1. The molecule has 0 spiro atoms. The van der Waals surface area contributed by atoms with Crippen molar-refractivity contribution >= 4 is 22.8 Å². The molecule has 3 heterocycles. The number of nitrogens with zero attached hydrogens (tertiary/aromatic N) is 3. The van der Waals surface area contributed by atoms with Crippen LogP contribution in [0.2, 0.25) is 5.28 Å². The van der Waals surface area contributed by atoms with Crippen molar-refractivity contribution in [3.05, 3.63) is 131 Å². The molecule has 0 bridgehead atoms. The molecule has 212 valence electrons. The van der Waals surface area contributed by atoms with Crippen molar-refractivity contribution in [1.29, 1.82) is 0 Å². The van der Waals surface area contributed by atoms with Crippen LogP contribution in [0.3, 0.4) is 0 Å². The van der Waals surface area contributed by atoms with E-state index in [1.807, 2.05) is 44.2 Å². The molecule has 1 aliphatic heterocycles. The summed E-state index contributed by atoms with van der Waals surface area (Å²) in [6.45, 7) is 4.47. The van der Waals surface area contributed by atoms with Crippen LogP contribution in [0.5, 0.6) is 0 Å². The van der Waals surface area contributed by atoms with Gasteiger partial charge >= 0.3 is 0 Å². The van der Waals surface area contributed by atoms with E-state index in [1.165, 1.54) is 0 Å². The molecule has 42 heavy (non-hydrogen) atoms. The summed E-state index contributed by atoms with van der Waals surface area (Å²) in [7, 11) is 0. The van der Waals surface area contributed by atoms with Gasteiger partial charge in [0.15, 0.2) is 11.4 Å². The number of rotatable bonds is 7. The SMILES string of the molecule is CC1(C)O[C@H]2[C@H](n3c(Cl)nc4cccnc43)[C@H]3C[C@@]3(COC(c3ccccc3)(c3ccccc3)c3ccccc3)[C@H]2O1. The number of benzene rings is 3. The number of hydrogen-bond donors (Lipinski definition) is 0. The van der Waals surface area contributed by atoms with E-state index >= 15 is 0 Å². The Morgan fingerprint density at radius 3 is 2.05 bits per heavy atom. The van der Waals surface area contributed by atoms with E-state index in [0.29, 0.717) is 11.9 Å². The highest BCUT2D eigenvalue weighted by Gasteiger charge is 2.76. The maximum atomic E-state index is 7.37. The molecule has 3 aromatic carbocycles. The van der Waals surface area contributed by atoms with Crippen molar-refractivity contribution < 1.29 is 14.2 Å².